The van der Waals surface area contributed by atoms with E-state index in [0.29, 0.717) is 5.95 Å². The largest absolute Gasteiger partial charge is 0.467 e. The Hall–Kier alpha value is -1.88. The van der Waals surface area contributed by atoms with Crippen LogP contribution in [0.5, 0.6) is 6.01 Å². The zero-order valence-corrected chi connectivity index (χ0v) is 12.0. The molecule has 104 valence electrons. The highest BCUT2D eigenvalue weighted by Gasteiger charge is 2.20. The number of aryl methyl sites for hydroxylation is 1. The van der Waals surface area contributed by atoms with Crippen molar-refractivity contribution in [2.45, 2.75) is 19.3 Å². The van der Waals surface area contributed by atoms with Crippen molar-refractivity contribution in [3.63, 3.8) is 0 Å². The number of fused-ring (bicyclic) bond motifs is 1. The second kappa shape index (κ2) is 5.63. The molecule has 0 aliphatic carbocycles. The van der Waals surface area contributed by atoms with Crippen LogP contribution in [0, 0.1) is 0 Å². The van der Waals surface area contributed by atoms with Crippen LogP contribution in [-0.2, 0) is 6.42 Å². The van der Waals surface area contributed by atoms with Crippen LogP contribution < -0.4 is 9.64 Å². The van der Waals surface area contributed by atoms with Gasteiger partial charge in [-0.25, -0.2) is 0 Å². The summed E-state index contributed by atoms with van der Waals surface area (Å²) in [5.41, 5.74) is 2.44. The van der Waals surface area contributed by atoms with Crippen LogP contribution in [-0.4, -0.2) is 28.6 Å². The highest BCUT2D eigenvalue weighted by Crippen LogP contribution is 2.31. The summed E-state index contributed by atoms with van der Waals surface area (Å²) in [7, 11) is 1.52. The molecule has 1 aliphatic heterocycles. The summed E-state index contributed by atoms with van der Waals surface area (Å²) >= 11 is 5.95. The molecule has 1 aliphatic rings. The Morgan fingerprint density at radius 3 is 2.85 bits per heavy atom. The highest BCUT2D eigenvalue weighted by atomic mass is 35.5. The summed E-state index contributed by atoms with van der Waals surface area (Å²) in [6.07, 6.45) is 3.31. The van der Waals surface area contributed by atoms with Gasteiger partial charge in [0, 0.05) is 12.2 Å². The lowest BCUT2D eigenvalue weighted by Gasteiger charge is -2.22. The van der Waals surface area contributed by atoms with Crippen molar-refractivity contribution in [3.8, 4) is 6.01 Å². The maximum Gasteiger partial charge on any atom is 0.322 e. The van der Waals surface area contributed by atoms with Gasteiger partial charge in [0.15, 0.2) is 0 Å². The van der Waals surface area contributed by atoms with Crippen molar-refractivity contribution in [2.75, 3.05) is 18.6 Å². The Balaban J connectivity index is 2.07. The lowest BCUT2D eigenvalue weighted by molar-refractivity contribution is 0.378. The van der Waals surface area contributed by atoms with Gasteiger partial charge >= 0.3 is 6.01 Å². The van der Waals surface area contributed by atoms with Crippen molar-refractivity contribution >= 4 is 23.2 Å². The maximum absolute atomic E-state index is 5.95. The monoisotopic (exact) mass is 290 g/mol. The summed E-state index contributed by atoms with van der Waals surface area (Å²) < 4.78 is 5.07. The van der Waals surface area contributed by atoms with E-state index in [9.17, 15) is 0 Å². The molecule has 1 aromatic carbocycles. The molecule has 2 aromatic rings. The zero-order valence-electron chi connectivity index (χ0n) is 11.2. The smallest absolute Gasteiger partial charge is 0.322 e. The zero-order chi connectivity index (χ0) is 13.9. The minimum atomic E-state index is 0.147. The molecule has 0 N–H and O–H groups in total. The summed E-state index contributed by atoms with van der Waals surface area (Å²) in [5, 5.41) is 0.147. The summed E-state index contributed by atoms with van der Waals surface area (Å²) in [4.78, 5) is 14.6. The molecule has 2 heterocycles. The molecule has 0 fully saturated rings. The number of nitrogens with zero attached hydrogens (tertiary/aromatic N) is 4. The minimum absolute atomic E-state index is 0.147. The lowest BCUT2D eigenvalue weighted by Crippen LogP contribution is -2.21. The van der Waals surface area contributed by atoms with E-state index in [0.717, 1.165) is 31.5 Å². The van der Waals surface area contributed by atoms with Gasteiger partial charge < -0.3 is 9.64 Å². The molecule has 3 rings (SSSR count). The molecule has 0 radical (unpaired) electrons. The van der Waals surface area contributed by atoms with Crippen LogP contribution in [0.2, 0.25) is 5.28 Å². The third-order valence-electron chi connectivity index (χ3n) is 3.36. The summed E-state index contributed by atoms with van der Waals surface area (Å²) in [6.45, 7) is 0.862. The predicted molar refractivity (Wildman–Crippen MR) is 77.8 cm³/mol. The van der Waals surface area contributed by atoms with Gasteiger partial charge in [-0.15, -0.1) is 0 Å². The number of ether oxygens (including phenoxy) is 1. The fraction of sp³-hybridized carbons (Fsp3) is 0.357. The number of para-hydroxylation sites is 1. The van der Waals surface area contributed by atoms with Crippen molar-refractivity contribution in [1.29, 1.82) is 0 Å². The Morgan fingerprint density at radius 2 is 2.00 bits per heavy atom. The molecule has 0 unspecified atom stereocenters. The highest BCUT2D eigenvalue weighted by molar-refractivity contribution is 6.28. The molecule has 1 aromatic heterocycles. The number of benzene rings is 1. The predicted octanol–water partition coefficient (Wildman–Crippen LogP) is 3.01. The number of hydrogen-bond donors (Lipinski definition) is 0. The molecule has 20 heavy (non-hydrogen) atoms. The van der Waals surface area contributed by atoms with E-state index in [4.69, 9.17) is 16.3 Å². The number of aromatic nitrogens is 3. The molecule has 0 saturated heterocycles. The fourth-order valence-corrected chi connectivity index (χ4v) is 2.58. The van der Waals surface area contributed by atoms with E-state index in [2.05, 4.69) is 38.1 Å². The van der Waals surface area contributed by atoms with Gasteiger partial charge in [-0.2, -0.15) is 15.0 Å². The van der Waals surface area contributed by atoms with Gasteiger partial charge in [0.2, 0.25) is 11.2 Å². The third-order valence-corrected chi connectivity index (χ3v) is 3.53. The van der Waals surface area contributed by atoms with Crippen LogP contribution in [0.1, 0.15) is 18.4 Å². The molecule has 0 amide bonds. The standard InChI is InChI=1S/C14H15ClN4O/c1-20-14-17-12(15)16-13(18-14)19-9-5-4-7-10-6-2-3-8-11(10)19/h2-3,6,8H,4-5,7,9H2,1H3. The van der Waals surface area contributed by atoms with E-state index in [1.165, 1.54) is 12.7 Å². The van der Waals surface area contributed by atoms with Gasteiger partial charge in [0.05, 0.1) is 7.11 Å². The van der Waals surface area contributed by atoms with Crippen LogP contribution in [0.15, 0.2) is 24.3 Å². The first-order valence-electron chi connectivity index (χ1n) is 6.59. The molecule has 0 bridgehead atoms. The molecule has 5 nitrogen and oxygen atoms in total. The van der Waals surface area contributed by atoms with Gasteiger partial charge in [-0.3, -0.25) is 0 Å². The minimum Gasteiger partial charge on any atom is -0.467 e. The van der Waals surface area contributed by atoms with Crippen molar-refractivity contribution in [3.05, 3.63) is 35.1 Å². The number of anilines is 2. The normalized spacial score (nSPS) is 14.6. The molecular formula is C14H15ClN4O. The van der Waals surface area contributed by atoms with E-state index in [-0.39, 0.29) is 11.3 Å². The van der Waals surface area contributed by atoms with E-state index in [1.54, 1.807) is 0 Å². The Labute approximate surface area is 122 Å². The van der Waals surface area contributed by atoms with Crippen LogP contribution >= 0.6 is 11.6 Å². The van der Waals surface area contributed by atoms with Gasteiger partial charge in [0.1, 0.15) is 0 Å². The quantitative estimate of drug-likeness (QED) is 0.851. The van der Waals surface area contributed by atoms with Gasteiger partial charge in [-0.05, 0) is 42.5 Å². The topological polar surface area (TPSA) is 51.1 Å². The van der Waals surface area contributed by atoms with Gasteiger partial charge in [0.25, 0.3) is 0 Å². The van der Waals surface area contributed by atoms with Crippen molar-refractivity contribution in [2.24, 2.45) is 0 Å². The molecular weight excluding hydrogens is 276 g/mol. The summed E-state index contributed by atoms with van der Waals surface area (Å²) in [5.74, 6) is 0.538. The van der Waals surface area contributed by atoms with Gasteiger partial charge in [-0.1, -0.05) is 18.2 Å². The van der Waals surface area contributed by atoms with Crippen LogP contribution in [0.25, 0.3) is 0 Å². The fourth-order valence-electron chi connectivity index (χ4n) is 2.43. The maximum atomic E-state index is 5.95. The second-order valence-corrected chi connectivity index (χ2v) is 4.97. The molecule has 0 saturated carbocycles. The average molecular weight is 291 g/mol. The Kier molecular flexibility index (Phi) is 3.69. The third kappa shape index (κ3) is 2.54. The van der Waals surface area contributed by atoms with E-state index in [1.807, 2.05) is 6.07 Å². The number of halogens is 1. The van der Waals surface area contributed by atoms with E-state index >= 15 is 0 Å². The molecule has 0 atom stereocenters. The first-order valence-corrected chi connectivity index (χ1v) is 6.97. The van der Waals surface area contributed by atoms with Crippen molar-refractivity contribution < 1.29 is 4.74 Å². The average Bonchev–Trinajstić information content (AvgIpc) is 2.69. The number of methoxy groups -OCH3 is 1. The first kappa shape index (κ1) is 13.1. The Bertz CT molecular complexity index is 620. The lowest BCUT2D eigenvalue weighted by atomic mass is 10.1. The number of hydrogen-bond acceptors (Lipinski definition) is 5. The van der Waals surface area contributed by atoms with Crippen LogP contribution in [0.4, 0.5) is 11.6 Å². The SMILES string of the molecule is COc1nc(Cl)nc(N2CCCCc3ccccc32)n1. The van der Waals surface area contributed by atoms with Crippen LogP contribution in [0.3, 0.4) is 0 Å². The molecule has 0 spiro atoms. The van der Waals surface area contributed by atoms with E-state index < -0.39 is 0 Å². The summed E-state index contributed by atoms with van der Waals surface area (Å²) in [6, 6.07) is 8.56. The Morgan fingerprint density at radius 1 is 1.15 bits per heavy atom. The molecule has 6 heteroatoms. The van der Waals surface area contributed by atoms with Crippen molar-refractivity contribution in [1.82, 2.24) is 15.0 Å². The first-order chi connectivity index (χ1) is 9.78. The number of rotatable bonds is 2. The second-order valence-electron chi connectivity index (χ2n) is 4.63.